The first-order chi connectivity index (χ1) is 9.63. The van der Waals surface area contributed by atoms with E-state index in [-0.39, 0.29) is 11.5 Å². The fourth-order valence-electron chi connectivity index (χ4n) is 1.45. The highest BCUT2D eigenvalue weighted by atomic mass is 79.9. The van der Waals surface area contributed by atoms with Crippen molar-refractivity contribution < 1.29 is 4.79 Å². The fourth-order valence-corrected chi connectivity index (χ4v) is 1.81. The van der Waals surface area contributed by atoms with Gasteiger partial charge in [-0.25, -0.2) is 10.8 Å². The molecule has 8 heteroatoms. The monoisotopic (exact) mass is 332 g/mol. The van der Waals surface area contributed by atoms with E-state index in [4.69, 9.17) is 11.1 Å². The van der Waals surface area contributed by atoms with Gasteiger partial charge in [0.15, 0.2) is 5.82 Å². The van der Waals surface area contributed by atoms with E-state index in [1.807, 2.05) is 6.07 Å². The molecule has 1 heterocycles. The van der Waals surface area contributed by atoms with Gasteiger partial charge in [-0.15, -0.1) is 0 Å². The van der Waals surface area contributed by atoms with Crippen molar-refractivity contribution in [1.29, 1.82) is 5.26 Å². The lowest BCUT2D eigenvalue weighted by molar-refractivity contribution is 0.102. The van der Waals surface area contributed by atoms with Crippen LogP contribution in [0.4, 0.5) is 11.5 Å². The summed E-state index contributed by atoms with van der Waals surface area (Å²) in [6, 6.07) is 6.95. The Bertz CT molecular complexity index is 697. The number of hydrazine groups is 1. The molecule has 0 aliphatic rings. The van der Waals surface area contributed by atoms with Gasteiger partial charge >= 0.3 is 0 Å². The molecule has 0 bridgehead atoms. The van der Waals surface area contributed by atoms with Crippen LogP contribution in [0.3, 0.4) is 0 Å². The van der Waals surface area contributed by atoms with Crippen molar-refractivity contribution in [2.75, 3.05) is 10.7 Å². The van der Waals surface area contributed by atoms with Crippen molar-refractivity contribution in [1.82, 2.24) is 9.97 Å². The Hall–Kier alpha value is -2.50. The van der Waals surface area contributed by atoms with Crippen LogP contribution < -0.4 is 16.6 Å². The Kier molecular flexibility index (Phi) is 4.24. The van der Waals surface area contributed by atoms with Crippen molar-refractivity contribution >= 4 is 33.3 Å². The molecular formula is C12H9BrN6O. The largest absolute Gasteiger partial charge is 0.319 e. The number of hydrogen-bond donors (Lipinski definition) is 3. The molecule has 0 atom stereocenters. The highest BCUT2D eigenvalue weighted by molar-refractivity contribution is 9.10. The molecule has 0 spiro atoms. The molecule has 1 aromatic heterocycles. The number of anilines is 2. The van der Waals surface area contributed by atoms with E-state index in [2.05, 4.69) is 36.6 Å². The molecule has 0 fully saturated rings. The molecule has 0 aliphatic heterocycles. The van der Waals surface area contributed by atoms with E-state index < -0.39 is 5.91 Å². The number of hydrogen-bond acceptors (Lipinski definition) is 6. The highest BCUT2D eigenvalue weighted by Crippen LogP contribution is 2.21. The third kappa shape index (κ3) is 3.09. The lowest BCUT2D eigenvalue weighted by Crippen LogP contribution is -2.17. The van der Waals surface area contributed by atoms with E-state index in [0.29, 0.717) is 11.3 Å². The topological polar surface area (TPSA) is 117 Å². The van der Waals surface area contributed by atoms with Gasteiger partial charge in [0.2, 0.25) is 0 Å². The zero-order valence-electron chi connectivity index (χ0n) is 10.1. The molecule has 0 saturated heterocycles. The van der Waals surface area contributed by atoms with Gasteiger partial charge in [0.05, 0.1) is 23.6 Å². The molecule has 20 heavy (non-hydrogen) atoms. The van der Waals surface area contributed by atoms with E-state index in [0.717, 1.165) is 4.47 Å². The summed E-state index contributed by atoms with van der Waals surface area (Å²) >= 11 is 3.28. The number of aromatic nitrogens is 2. The molecule has 1 amide bonds. The van der Waals surface area contributed by atoms with Gasteiger partial charge in [-0.2, -0.15) is 5.26 Å². The lowest BCUT2D eigenvalue weighted by Gasteiger charge is -2.07. The van der Waals surface area contributed by atoms with Crippen LogP contribution in [-0.4, -0.2) is 15.9 Å². The van der Waals surface area contributed by atoms with Gasteiger partial charge in [-0.3, -0.25) is 9.78 Å². The molecule has 2 rings (SSSR count). The zero-order chi connectivity index (χ0) is 14.5. The van der Waals surface area contributed by atoms with Crippen LogP contribution >= 0.6 is 15.9 Å². The summed E-state index contributed by atoms with van der Waals surface area (Å²) < 4.78 is 0.746. The average molecular weight is 333 g/mol. The first-order valence-electron chi connectivity index (χ1n) is 5.43. The smallest absolute Gasteiger partial charge is 0.275 e. The third-order valence-corrected chi connectivity index (χ3v) is 2.86. The van der Waals surface area contributed by atoms with Crippen LogP contribution in [0.15, 0.2) is 35.1 Å². The quantitative estimate of drug-likeness (QED) is 0.581. The van der Waals surface area contributed by atoms with E-state index in [9.17, 15) is 4.79 Å². The zero-order valence-corrected chi connectivity index (χ0v) is 11.7. The number of nitrogens with two attached hydrogens (primary N) is 1. The van der Waals surface area contributed by atoms with Crippen LogP contribution in [0.25, 0.3) is 0 Å². The third-order valence-electron chi connectivity index (χ3n) is 2.37. The van der Waals surface area contributed by atoms with E-state index in [1.54, 1.807) is 18.2 Å². The molecule has 2 aromatic rings. The number of nitrogens with one attached hydrogen (secondary N) is 2. The Morgan fingerprint density at radius 1 is 1.40 bits per heavy atom. The predicted octanol–water partition coefficient (Wildman–Crippen LogP) is 1.65. The Labute approximate surface area is 122 Å². The summed E-state index contributed by atoms with van der Waals surface area (Å²) in [5, 5.41) is 11.6. The maximum Gasteiger partial charge on any atom is 0.275 e. The number of carbonyl (C=O) groups excluding carboxylic acids is 1. The minimum atomic E-state index is -0.482. The van der Waals surface area contributed by atoms with Gasteiger partial charge < -0.3 is 10.7 Å². The highest BCUT2D eigenvalue weighted by Gasteiger charge is 2.12. The standard InChI is InChI=1S/C12H9BrN6O/c13-8-2-1-7(4-14)9(3-8)18-12(20)10-5-16-6-11(17-10)19-15/h1-3,5-6H,15H2,(H,17,19)(H,18,20). The maximum absolute atomic E-state index is 12.1. The second-order valence-corrected chi connectivity index (χ2v) is 4.61. The van der Waals surface area contributed by atoms with Gasteiger partial charge in [-0.05, 0) is 18.2 Å². The molecule has 1 aromatic carbocycles. The molecule has 0 unspecified atom stereocenters. The number of benzene rings is 1. The molecule has 0 saturated carbocycles. The number of nitriles is 1. The molecule has 4 N–H and O–H groups in total. The van der Waals surface area contributed by atoms with Crippen LogP contribution in [0.1, 0.15) is 16.1 Å². The maximum atomic E-state index is 12.1. The summed E-state index contributed by atoms with van der Waals surface area (Å²) in [6.07, 6.45) is 2.69. The molecule has 0 aliphatic carbocycles. The summed E-state index contributed by atoms with van der Waals surface area (Å²) in [6.45, 7) is 0. The number of carbonyl (C=O) groups is 1. The normalized spacial score (nSPS) is 9.65. The van der Waals surface area contributed by atoms with Gasteiger partial charge in [-0.1, -0.05) is 15.9 Å². The SMILES string of the molecule is N#Cc1ccc(Br)cc1NC(=O)c1cncc(NN)n1. The minimum Gasteiger partial charge on any atom is -0.319 e. The minimum absolute atomic E-state index is 0.0873. The fraction of sp³-hybridized carbons (Fsp3) is 0. The summed E-state index contributed by atoms with van der Waals surface area (Å²) in [7, 11) is 0. The lowest BCUT2D eigenvalue weighted by atomic mass is 10.2. The summed E-state index contributed by atoms with van der Waals surface area (Å²) in [5.41, 5.74) is 3.13. The summed E-state index contributed by atoms with van der Waals surface area (Å²) in [4.78, 5) is 19.9. The first-order valence-corrected chi connectivity index (χ1v) is 6.23. The van der Waals surface area contributed by atoms with Crippen molar-refractivity contribution in [2.45, 2.75) is 0 Å². The Morgan fingerprint density at radius 3 is 2.90 bits per heavy atom. The van der Waals surface area contributed by atoms with Crippen LogP contribution in [-0.2, 0) is 0 Å². The van der Waals surface area contributed by atoms with Gasteiger partial charge in [0, 0.05) is 4.47 Å². The summed E-state index contributed by atoms with van der Waals surface area (Å²) in [5.74, 6) is 4.99. The van der Waals surface area contributed by atoms with E-state index >= 15 is 0 Å². The number of rotatable bonds is 3. The predicted molar refractivity (Wildman–Crippen MR) is 76.7 cm³/mol. The van der Waals surface area contributed by atoms with Crippen molar-refractivity contribution in [3.8, 4) is 6.07 Å². The second kappa shape index (κ2) is 6.10. The number of halogens is 1. The molecular weight excluding hydrogens is 324 g/mol. The van der Waals surface area contributed by atoms with Crippen molar-refractivity contribution in [3.05, 3.63) is 46.3 Å². The van der Waals surface area contributed by atoms with Gasteiger partial charge in [0.1, 0.15) is 11.8 Å². The number of amides is 1. The van der Waals surface area contributed by atoms with Crippen LogP contribution in [0.2, 0.25) is 0 Å². The average Bonchev–Trinajstić information content (AvgIpc) is 2.47. The Morgan fingerprint density at radius 2 is 2.20 bits per heavy atom. The molecule has 7 nitrogen and oxygen atoms in total. The second-order valence-electron chi connectivity index (χ2n) is 3.69. The molecule has 100 valence electrons. The van der Waals surface area contributed by atoms with E-state index in [1.165, 1.54) is 12.4 Å². The first kappa shape index (κ1) is 13.9. The van der Waals surface area contributed by atoms with Gasteiger partial charge in [0.25, 0.3) is 5.91 Å². The Balaban J connectivity index is 2.28. The van der Waals surface area contributed by atoms with Crippen molar-refractivity contribution in [2.24, 2.45) is 5.84 Å². The number of nitrogens with zero attached hydrogens (tertiary/aromatic N) is 3. The molecule has 0 radical (unpaired) electrons. The van der Waals surface area contributed by atoms with Crippen LogP contribution in [0.5, 0.6) is 0 Å². The van der Waals surface area contributed by atoms with Crippen molar-refractivity contribution in [3.63, 3.8) is 0 Å². The number of nitrogen functional groups attached to an aromatic ring is 1. The van der Waals surface area contributed by atoms with Crippen LogP contribution in [0, 0.1) is 11.3 Å².